The smallest absolute Gasteiger partial charge is 0.171 e. The monoisotopic (exact) mass is 228 g/mol. The molecule has 1 aliphatic carbocycles. The van der Waals surface area contributed by atoms with E-state index >= 15 is 0 Å². The van der Waals surface area contributed by atoms with E-state index in [-0.39, 0.29) is 5.78 Å². The first-order chi connectivity index (χ1) is 6.47. The molecule has 1 aromatic rings. The molecule has 1 saturated carbocycles. The summed E-state index contributed by atoms with van der Waals surface area (Å²) >= 11 is 11.9. The molecule has 1 fully saturated rings. The van der Waals surface area contributed by atoms with Gasteiger partial charge in [-0.05, 0) is 13.3 Å². The first kappa shape index (κ1) is 10.0. The highest BCUT2D eigenvalue weighted by Crippen LogP contribution is 2.64. The van der Waals surface area contributed by atoms with Crippen LogP contribution in [0.2, 0.25) is 0 Å². The van der Waals surface area contributed by atoms with Crippen LogP contribution in [-0.2, 0) is 0 Å². The third kappa shape index (κ3) is 1.35. The van der Waals surface area contributed by atoms with E-state index in [0.717, 1.165) is 0 Å². The number of carbonyl (C=O) groups is 1. The zero-order valence-electron chi connectivity index (χ0n) is 7.76. The maximum absolute atomic E-state index is 12.0. The lowest BCUT2D eigenvalue weighted by Gasteiger charge is -2.10. The van der Waals surface area contributed by atoms with Gasteiger partial charge in [0, 0.05) is 5.56 Å². The van der Waals surface area contributed by atoms with Gasteiger partial charge in [-0.1, -0.05) is 30.3 Å². The number of ketones is 1. The molecule has 0 bridgehead atoms. The van der Waals surface area contributed by atoms with Crippen molar-refractivity contribution in [1.82, 2.24) is 0 Å². The number of hydrogen-bond donors (Lipinski definition) is 0. The fourth-order valence-electron chi connectivity index (χ4n) is 1.55. The molecule has 74 valence electrons. The molecule has 1 aromatic carbocycles. The quantitative estimate of drug-likeness (QED) is 0.560. The van der Waals surface area contributed by atoms with Crippen LogP contribution in [0.3, 0.4) is 0 Å². The Morgan fingerprint density at radius 3 is 2.21 bits per heavy atom. The second-order valence-corrected chi connectivity index (χ2v) is 5.39. The number of rotatable bonds is 2. The van der Waals surface area contributed by atoms with E-state index in [2.05, 4.69) is 0 Å². The van der Waals surface area contributed by atoms with Crippen LogP contribution in [0.4, 0.5) is 0 Å². The Hall–Kier alpha value is -0.530. The number of hydrogen-bond acceptors (Lipinski definition) is 1. The largest absolute Gasteiger partial charge is 0.293 e. The fourth-order valence-corrected chi connectivity index (χ4v) is 2.26. The third-order valence-electron chi connectivity index (χ3n) is 2.79. The van der Waals surface area contributed by atoms with Gasteiger partial charge < -0.3 is 0 Å². The normalized spacial score (nSPS) is 28.5. The minimum atomic E-state index is -0.875. The Labute approximate surface area is 93.0 Å². The maximum atomic E-state index is 12.0. The van der Waals surface area contributed by atoms with Crippen LogP contribution >= 0.6 is 23.2 Å². The van der Waals surface area contributed by atoms with Crippen molar-refractivity contribution < 1.29 is 4.79 Å². The van der Waals surface area contributed by atoms with Crippen molar-refractivity contribution in [3.63, 3.8) is 0 Å². The lowest BCUT2D eigenvalue weighted by molar-refractivity contribution is 0.0911. The van der Waals surface area contributed by atoms with Crippen molar-refractivity contribution in [2.75, 3.05) is 0 Å². The first-order valence-corrected chi connectivity index (χ1v) is 5.21. The average molecular weight is 229 g/mol. The van der Waals surface area contributed by atoms with Gasteiger partial charge in [0.2, 0.25) is 0 Å². The second-order valence-electron chi connectivity index (χ2n) is 3.91. The van der Waals surface area contributed by atoms with Crippen LogP contribution in [0.25, 0.3) is 0 Å². The lowest BCUT2D eigenvalue weighted by atomic mass is 9.97. The van der Waals surface area contributed by atoms with E-state index in [0.29, 0.717) is 12.0 Å². The van der Waals surface area contributed by atoms with Crippen LogP contribution in [-0.4, -0.2) is 10.1 Å². The van der Waals surface area contributed by atoms with Crippen LogP contribution in [0, 0.1) is 5.41 Å². The summed E-state index contributed by atoms with van der Waals surface area (Å²) in [5.41, 5.74) is 0.0791. The third-order valence-corrected chi connectivity index (χ3v) is 3.90. The molecule has 0 saturated heterocycles. The van der Waals surface area contributed by atoms with Crippen LogP contribution in [0.1, 0.15) is 23.7 Å². The van der Waals surface area contributed by atoms with E-state index in [1.807, 2.05) is 25.1 Å². The van der Waals surface area contributed by atoms with Gasteiger partial charge in [0.15, 0.2) is 5.78 Å². The summed E-state index contributed by atoms with van der Waals surface area (Å²) in [6, 6.07) is 9.12. The Bertz CT molecular complexity index is 372. The van der Waals surface area contributed by atoms with Gasteiger partial charge in [-0.25, -0.2) is 0 Å². The van der Waals surface area contributed by atoms with Crippen molar-refractivity contribution in [3.8, 4) is 0 Å². The number of Topliss-reactive ketones (excluding diaryl/α,β-unsaturated/α-hetero) is 1. The van der Waals surface area contributed by atoms with Crippen molar-refractivity contribution in [2.24, 2.45) is 5.41 Å². The molecule has 0 radical (unpaired) electrons. The van der Waals surface area contributed by atoms with Crippen molar-refractivity contribution in [3.05, 3.63) is 35.9 Å². The Morgan fingerprint density at radius 1 is 1.29 bits per heavy atom. The standard InChI is InChI=1S/C11H10Cl2O/c1-10(7-11(10,12)13)9(14)8-5-3-2-4-6-8/h2-6H,7H2,1H3/t10-/m0/s1. The summed E-state index contributed by atoms with van der Waals surface area (Å²) < 4.78 is -0.875. The summed E-state index contributed by atoms with van der Waals surface area (Å²) in [6.07, 6.45) is 0.539. The highest BCUT2D eigenvalue weighted by molar-refractivity contribution is 6.53. The van der Waals surface area contributed by atoms with Gasteiger partial charge in [0.05, 0.1) is 5.41 Å². The van der Waals surface area contributed by atoms with E-state index in [9.17, 15) is 4.79 Å². The summed E-state index contributed by atoms with van der Waals surface area (Å²) in [4.78, 5) is 12.0. The maximum Gasteiger partial charge on any atom is 0.171 e. The average Bonchev–Trinajstić information content (AvgIpc) is 2.68. The van der Waals surface area contributed by atoms with E-state index < -0.39 is 9.75 Å². The summed E-state index contributed by atoms with van der Waals surface area (Å²) in [5, 5.41) is 0. The molecule has 0 N–H and O–H groups in total. The molecular formula is C11H10Cl2O. The summed E-state index contributed by atoms with van der Waals surface area (Å²) in [7, 11) is 0. The number of halogens is 2. The van der Waals surface area contributed by atoms with Gasteiger partial charge >= 0.3 is 0 Å². The highest BCUT2D eigenvalue weighted by Gasteiger charge is 2.67. The zero-order valence-corrected chi connectivity index (χ0v) is 9.27. The first-order valence-electron chi connectivity index (χ1n) is 4.45. The van der Waals surface area contributed by atoms with Gasteiger partial charge in [0.1, 0.15) is 4.33 Å². The molecule has 1 aliphatic rings. The predicted molar refractivity (Wildman–Crippen MR) is 57.9 cm³/mol. The van der Waals surface area contributed by atoms with Crippen molar-refractivity contribution in [1.29, 1.82) is 0 Å². The van der Waals surface area contributed by atoms with E-state index in [1.165, 1.54) is 0 Å². The van der Waals surface area contributed by atoms with E-state index in [4.69, 9.17) is 23.2 Å². The molecule has 0 spiro atoms. The highest BCUT2D eigenvalue weighted by atomic mass is 35.5. The van der Waals surface area contributed by atoms with Crippen molar-refractivity contribution >= 4 is 29.0 Å². The van der Waals surface area contributed by atoms with Gasteiger partial charge in [0.25, 0.3) is 0 Å². The van der Waals surface area contributed by atoms with Crippen molar-refractivity contribution in [2.45, 2.75) is 17.7 Å². The minimum Gasteiger partial charge on any atom is -0.293 e. The van der Waals surface area contributed by atoms with Gasteiger partial charge in [-0.15, -0.1) is 23.2 Å². The Balaban J connectivity index is 2.28. The van der Waals surface area contributed by atoms with Crippen LogP contribution < -0.4 is 0 Å². The number of carbonyl (C=O) groups excluding carboxylic acids is 1. The van der Waals surface area contributed by atoms with Gasteiger partial charge in [-0.3, -0.25) is 4.79 Å². The Kier molecular flexibility index (Phi) is 2.13. The molecule has 0 amide bonds. The second kappa shape index (κ2) is 2.98. The van der Waals surface area contributed by atoms with Crippen LogP contribution in [0.15, 0.2) is 30.3 Å². The molecule has 2 rings (SSSR count). The number of benzene rings is 1. The molecule has 1 atom stereocenters. The molecule has 0 aliphatic heterocycles. The SMILES string of the molecule is C[C@@]1(C(=O)c2ccccc2)CC1(Cl)Cl. The Morgan fingerprint density at radius 2 is 1.79 bits per heavy atom. The minimum absolute atomic E-state index is 0.0306. The molecule has 3 heteroatoms. The zero-order chi connectivity index (χ0) is 10.4. The van der Waals surface area contributed by atoms with Crippen LogP contribution in [0.5, 0.6) is 0 Å². The summed E-state index contributed by atoms with van der Waals surface area (Å²) in [6.45, 7) is 1.81. The molecular weight excluding hydrogens is 219 g/mol. The molecule has 0 heterocycles. The topological polar surface area (TPSA) is 17.1 Å². The molecule has 0 unspecified atom stereocenters. The fraction of sp³-hybridized carbons (Fsp3) is 0.364. The predicted octanol–water partition coefficient (Wildman–Crippen LogP) is 3.45. The molecule has 0 aromatic heterocycles. The lowest BCUT2D eigenvalue weighted by Crippen LogP contribution is -2.18. The summed E-state index contributed by atoms with van der Waals surface area (Å²) in [5.74, 6) is 0.0306. The van der Waals surface area contributed by atoms with E-state index in [1.54, 1.807) is 12.1 Å². The molecule has 14 heavy (non-hydrogen) atoms. The van der Waals surface area contributed by atoms with Gasteiger partial charge in [-0.2, -0.15) is 0 Å². The number of alkyl halides is 2. The molecule has 1 nitrogen and oxygen atoms in total.